The van der Waals surface area contributed by atoms with Crippen LogP contribution >= 0.6 is 0 Å². The lowest BCUT2D eigenvalue weighted by atomic mass is 10.1. The van der Waals surface area contributed by atoms with Crippen LogP contribution in [-0.4, -0.2) is 31.8 Å². The number of hydrogen-bond donors (Lipinski definition) is 4. The van der Waals surface area contributed by atoms with E-state index in [1.54, 1.807) is 30.4 Å². The highest BCUT2D eigenvalue weighted by Crippen LogP contribution is 2.33. The zero-order valence-corrected chi connectivity index (χ0v) is 13.3. The number of carbonyl (C=O) groups excluding carboxylic acids is 2. The Hall–Kier alpha value is -2.74. The predicted molar refractivity (Wildman–Crippen MR) is 89.5 cm³/mol. The number of carbonyl (C=O) groups is 2. The van der Waals surface area contributed by atoms with Crippen LogP contribution in [0.15, 0.2) is 30.4 Å². The van der Waals surface area contributed by atoms with Crippen molar-refractivity contribution in [2.75, 3.05) is 25.1 Å². The van der Waals surface area contributed by atoms with Crippen molar-refractivity contribution >= 4 is 17.7 Å². The second-order valence-electron chi connectivity index (χ2n) is 5.39. The smallest absolute Gasteiger partial charge is 0.404 e. The normalized spacial score (nSPS) is 13.5. The first-order valence-electron chi connectivity index (χ1n) is 7.69. The van der Waals surface area contributed by atoms with Crippen molar-refractivity contribution in [2.45, 2.75) is 12.8 Å². The van der Waals surface area contributed by atoms with Gasteiger partial charge in [-0.15, -0.1) is 0 Å². The molecule has 0 aliphatic heterocycles. The Labute approximate surface area is 140 Å². The Morgan fingerprint density at radius 3 is 2.75 bits per heavy atom. The topological polar surface area (TPSA) is 129 Å². The number of amides is 2. The Morgan fingerprint density at radius 2 is 2.08 bits per heavy atom. The lowest BCUT2D eigenvalue weighted by molar-refractivity contribution is 0.0954. The van der Waals surface area contributed by atoms with Gasteiger partial charge in [0, 0.05) is 6.54 Å². The molecule has 0 radical (unpaired) electrons. The first-order chi connectivity index (χ1) is 11.6. The molecule has 1 aliphatic rings. The van der Waals surface area contributed by atoms with Gasteiger partial charge >= 0.3 is 6.09 Å². The number of ether oxygens (including phenoxy) is 2. The molecule has 0 aromatic heterocycles. The highest BCUT2D eigenvalue weighted by atomic mass is 16.5. The van der Waals surface area contributed by atoms with E-state index in [2.05, 4.69) is 15.5 Å². The summed E-state index contributed by atoms with van der Waals surface area (Å²) in [6.45, 7) is 1.13. The molecule has 1 saturated carbocycles. The van der Waals surface area contributed by atoms with Crippen LogP contribution in [0.1, 0.15) is 23.2 Å². The van der Waals surface area contributed by atoms with Gasteiger partial charge in [-0.1, -0.05) is 12.1 Å². The van der Waals surface area contributed by atoms with E-state index >= 15 is 0 Å². The van der Waals surface area contributed by atoms with Crippen LogP contribution in [0, 0.1) is 5.92 Å². The third kappa shape index (κ3) is 5.47. The number of rotatable bonds is 9. The van der Waals surface area contributed by atoms with Gasteiger partial charge in [-0.05, 0) is 37.0 Å². The molecule has 1 aromatic rings. The van der Waals surface area contributed by atoms with Crippen molar-refractivity contribution in [1.82, 2.24) is 5.43 Å². The maximum absolute atomic E-state index is 11.9. The van der Waals surface area contributed by atoms with Crippen LogP contribution in [0.2, 0.25) is 0 Å². The summed E-state index contributed by atoms with van der Waals surface area (Å²) in [4.78, 5) is 22.4. The van der Waals surface area contributed by atoms with E-state index in [-0.39, 0.29) is 6.61 Å². The van der Waals surface area contributed by atoms with Crippen LogP contribution in [0.3, 0.4) is 0 Å². The SMILES string of the molecule is NNC(=O)c1cccc(OCC2CC2)c1NCC=CCOC(N)=O. The summed E-state index contributed by atoms with van der Waals surface area (Å²) in [5.74, 6) is 6.02. The Balaban J connectivity index is 2.02. The molecule has 0 bridgehead atoms. The standard InChI is InChI=1S/C16H22N4O4/c17-16(22)23-9-2-1-8-19-14-12(15(21)20-18)4-3-5-13(14)24-10-11-6-7-11/h1-5,11,19H,6-10,18H2,(H2,17,22)(H,20,21). The number of anilines is 1. The number of para-hydroxylation sites is 1. The molecule has 0 atom stereocenters. The lowest BCUT2D eigenvalue weighted by Gasteiger charge is -2.15. The number of benzene rings is 1. The average Bonchev–Trinajstić information content (AvgIpc) is 3.39. The van der Waals surface area contributed by atoms with Crippen molar-refractivity contribution < 1.29 is 19.1 Å². The molecular formula is C16H22N4O4. The largest absolute Gasteiger partial charge is 0.491 e. The first kappa shape index (κ1) is 17.6. The molecule has 24 heavy (non-hydrogen) atoms. The van der Waals surface area contributed by atoms with Crippen LogP contribution in [0.25, 0.3) is 0 Å². The Kier molecular flexibility index (Phi) is 6.44. The second-order valence-corrected chi connectivity index (χ2v) is 5.39. The fourth-order valence-electron chi connectivity index (χ4n) is 2.04. The van der Waals surface area contributed by atoms with E-state index in [1.165, 1.54) is 12.8 Å². The molecule has 2 amide bonds. The summed E-state index contributed by atoms with van der Waals surface area (Å²) in [6, 6.07) is 5.21. The summed E-state index contributed by atoms with van der Waals surface area (Å²) in [5, 5.41) is 3.13. The fraction of sp³-hybridized carbons (Fsp3) is 0.375. The number of hydrogen-bond acceptors (Lipinski definition) is 6. The first-order valence-corrected chi connectivity index (χ1v) is 7.69. The maximum Gasteiger partial charge on any atom is 0.404 e. The predicted octanol–water partition coefficient (Wildman–Crippen LogP) is 1.14. The average molecular weight is 334 g/mol. The molecule has 8 nitrogen and oxygen atoms in total. The minimum absolute atomic E-state index is 0.0903. The summed E-state index contributed by atoms with van der Waals surface area (Å²) >= 11 is 0. The van der Waals surface area contributed by atoms with Crippen LogP contribution < -0.4 is 27.1 Å². The van der Waals surface area contributed by atoms with Gasteiger partial charge in [0.05, 0.1) is 17.9 Å². The number of nitrogens with one attached hydrogen (secondary N) is 2. The van der Waals surface area contributed by atoms with Crippen molar-refractivity contribution in [1.29, 1.82) is 0 Å². The van der Waals surface area contributed by atoms with Crippen LogP contribution in [-0.2, 0) is 4.74 Å². The maximum atomic E-state index is 11.9. The Morgan fingerprint density at radius 1 is 1.29 bits per heavy atom. The van der Waals surface area contributed by atoms with Gasteiger partial charge in [-0.2, -0.15) is 0 Å². The van der Waals surface area contributed by atoms with E-state index in [4.69, 9.17) is 16.3 Å². The summed E-state index contributed by atoms with van der Waals surface area (Å²) in [7, 11) is 0. The van der Waals surface area contributed by atoms with Gasteiger partial charge in [0.1, 0.15) is 12.4 Å². The number of hydrazine groups is 1. The van der Waals surface area contributed by atoms with Crippen molar-refractivity contribution in [3.05, 3.63) is 35.9 Å². The quantitative estimate of drug-likeness (QED) is 0.232. The van der Waals surface area contributed by atoms with Crippen molar-refractivity contribution in [3.8, 4) is 5.75 Å². The van der Waals surface area contributed by atoms with E-state index < -0.39 is 12.0 Å². The number of primary amides is 1. The Bertz CT molecular complexity index is 614. The van der Waals surface area contributed by atoms with Crippen molar-refractivity contribution in [3.63, 3.8) is 0 Å². The van der Waals surface area contributed by atoms with Gasteiger partial charge in [0.2, 0.25) is 0 Å². The second kappa shape index (κ2) is 8.78. The van der Waals surface area contributed by atoms with Gasteiger partial charge < -0.3 is 20.5 Å². The van der Waals surface area contributed by atoms with E-state index in [1.807, 2.05) is 0 Å². The van der Waals surface area contributed by atoms with Gasteiger partial charge in [0.15, 0.2) is 0 Å². The van der Waals surface area contributed by atoms with Gasteiger partial charge in [-0.25, -0.2) is 10.6 Å². The minimum atomic E-state index is -0.826. The molecule has 0 spiro atoms. The molecule has 0 heterocycles. The molecule has 6 N–H and O–H groups in total. The molecule has 0 saturated heterocycles. The third-order valence-corrected chi connectivity index (χ3v) is 3.46. The van der Waals surface area contributed by atoms with E-state index in [9.17, 15) is 9.59 Å². The number of nitrogens with two attached hydrogens (primary N) is 2. The van der Waals surface area contributed by atoms with E-state index in [0.29, 0.717) is 36.1 Å². The fourth-order valence-corrected chi connectivity index (χ4v) is 2.04. The van der Waals surface area contributed by atoms with Crippen LogP contribution in [0.4, 0.5) is 10.5 Å². The summed E-state index contributed by atoms with van der Waals surface area (Å²) < 4.78 is 10.4. The summed E-state index contributed by atoms with van der Waals surface area (Å²) in [6.07, 6.45) is 4.93. The molecular weight excluding hydrogens is 312 g/mol. The highest BCUT2D eigenvalue weighted by Gasteiger charge is 2.23. The summed E-state index contributed by atoms with van der Waals surface area (Å²) in [5.41, 5.74) is 7.96. The van der Waals surface area contributed by atoms with Gasteiger partial charge in [0.25, 0.3) is 5.91 Å². The molecule has 1 aromatic carbocycles. The van der Waals surface area contributed by atoms with Crippen molar-refractivity contribution in [2.24, 2.45) is 17.5 Å². The minimum Gasteiger partial charge on any atom is -0.491 e. The molecule has 1 aliphatic carbocycles. The van der Waals surface area contributed by atoms with Crippen LogP contribution in [0.5, 0.6) is 5.75 Å². The monoisotopic (exact) mass is 334 g/mol. The molecule has 0 unspecified atom stereocenters. The third-order valence-electron chi connectivity index (χ3n) is 3.46. The van der Waals surface area contributed by atoms with Gasteiger partial charge in [-0.3, -0.25) is 10.2 Å². The van der Waals surface area contributed by atoms with E-state index in [0.717, 1.165) is 0 Å². The molecule has 2 rings (SSSR count). The zero-order chi connectivity index (χ0) is 17.4. The number of nitrogen functional groups attached to an aromatic ring is 1. The molecule has 130 valence electrons. The lowest BCUT2D eigenvalue weighted by Crippen LogP contribution is -2.30. The molecule has 1 fully saturated rings. The zero-order valence-electron chi connectivity index (χ0n) is 13.3. The molecule has 8 heteroatoms. The highest BCUT2D eigenvalue weighted by molar-refractivity contribution is 6.00.